The molecule has 0 saturated heterocycles. The molecule has 0 spiro atoms. The van der Waals surface area contributed by atoms with Gasteiger partial charge < -0.3 is 10.6 Å². The first kappa shape index (κ1) is 15.6. The Morgan fingerprint density at radius 1 is 1.52 bits per heavy atom. The van der Waals surface area contributed by atoms with Crippen LogP contribution in [-0.2, 0) is 0 Å². The van der Waals surface area contributed by atoms with Crippen LogP contribution < -0.4 is 5.73 Å². The molecule has 1 amide bonds. The van der Waals surface area contributed by atoms with Gasteiger partial charge in [0.1, 0.15) is 5.69 Å². The summed E-state index contributed by atoms with van der Waals surface area (Å²) in [6.07, 6.45) is 3.11. The van der Waals surface area contributed by atoms with E-state index in [1.54, 1.807) is 4.90 Å². The Balaban J connectivity index is 2.29. The molecule has 0 heterocycles. The Kier molecular flexibility index (Phi) is 4.67. The molecule has 0 radical (unpaired) electrons. The van der Waals surface area contributed by atoms with E-state index in [0.29, 0.717) is 19.0 Å². The summed E-state index contributed by atoms with van der Waals surface area (Å²) in [5, 5.41) is 11.0. The maximum atomic E-state index is 12.5. The quantitative estimate of drug-likeness (QED) is 0.496. The summed E-state index contributed by atoms with van der Waals surface area (Å²) in [7, 11) is 0. The first-order valence-corrected chi connectivity index (χ1v) is 7.34. The first-order chi connectivity index (χ1) is 9.93. The SMILES string of the molecule is CCCN(CC1CC1)C(=O)c1cc(Cl)c(N)c([N+](=O)[O-])c1. The van der Waals surface area contributed by atoms with Crippen LogP contribution in [0.5, 0.6) is 0 Å². The van der Waals surface area contributed by atoms with E-state index in [1.807, 2.05) is 6.92 Å². The molecule has 0 aromatic heterocycles. The predicted octanol–water partition coefficient (Wildman–Crippen LogP) is 3.09. The van der Waals surface area contributed by atoms with Gasteiger partial charge in [0.05, 0.1) is 9.95 Å². The highest BCUT2D eigenvalue weighted by atomic mass is 35.5. The third-order valence-electron chi connectivity index (χ3n) is 3.51. The van der Waals surface area contributed by atoms with Crippen molar-refractivity contribution in [2.24, 2.45) is 5.92 Å². The number of nitrogen functional groups attached to an aromatic ring is 1. The van der Waals surface area contributed by atoms with E-state index in [-0.39, 0.29) is 27.9 Å². The van der Waals surface area contributed by atoms with Crippen LogP contribution in [-0.4, -0.2) is 28.8 Å². The molecule has 1 aliphatic carbocycles. The van der Waals surface area contributed by atoms with Gasteiger partial charge in [-0.2, -0.15) is 0 Å². The lowest BCUT2D eigenvalue weighted by Crippen LogP contribution is -2.33. The molecule has 6 nitrogen and oxygen atoms in total. The average Bonchev–Trinajstić information content (AvgIpc) is 3.24. The molecular weight excluding hydrogens is 294 g/mol. The van der Waals surface area contributed by atoms with Crippen LogP contribution in [0.4, 0.5) is 11.4 Å². The van der Waals surface area contributed by atoms with Crippen LogP contribution in [0.1, 0.15) is 36.5 Å². The van der Waals surface area contributed by atoms with E-state index in [2.05, 4.69) is 0 Å². The summed E-state index contributed by atoms with van der Waals surface area (Å²) in [5.41, 5.74) is 5.36. The number of hydrogen-bond acceptors (Lipinski definition) is 4. The summed E-state index contributed by atoms with van der Waals surface area (Å²) in [4.78, 5) is 24.6. The highest BCUT2D eigenvalue weighted by Gasteiger charge is 2.28. The number of amides is 1. The van der Waals surface area contributed by atoms with E-state index in [4.69, 9.17) is 17.3 Å². The van der Waals surface area contributed by atoms with Crippen molar-refractivity contribution >= 4 is 28.9 Å². The van der Waals surface area contributed by atoms with Crippen molar-refractivity contribution in [2.45, 2.75) is 26.2 Å². The number of benzene rings is 1. The molecule has 0 bridgehead atoms. The largest absolute Gasteiger partial charge is 0.392 e. The third kappa shape index (κ3) is 3.64. The van der Waals surface area contributed by atoms with E-state index in [9.17, 15) is 14.9 Å². The number of carbonyl (C=O) groups is 1. The fourth-order valence-corrected chi connectivity index (χ4v) is 2.43. The molecule has 1 saturated carbocycles. The van der Waals surface area contributed by atoms with Gasteiger partial charge in [-0.05, 0) is 31.2 Å². The number of nitro benzene ring substituents is 1. The fourth-order valence-electron chi connectivity index (χ4n) is 2.22. The van der Waals surface area contributed by atoms with Crippen LogP contribution in [0, 0.1) is 16.0 Å². The van der Waals surface area contributed by atoms with Crippen molar-refractivity contribution in [3.63, 3.8) is 0 Å². The topological polar surface area (TPSA) is 89.5 Å². The lowest BCUT2D eigenvalue weighted by atomic mass is 10.1. The summed E-state index contributed by atoms with van der Waals surface area (Å²) >= 11 is 5.91. The van der Waals surface area contributed by atoms with Crippen molar-refractivity contribution in [3.05, 3.63) is 32.8 Å². The van der Waals surface area contributed by atoms with Gasteiger partial charge >= 0.3 is 0 Å². The van der Waals surface area contributed by atoms with Gasteiger partial charge in [-0.15, -0.1) is 0 Å². The second kappa shape index (κ2) is 6.30. The lowest BCUT2D eigenvalue weighted by molar-refractivity contribution is -0.383. The molecule has 0 aliphatic heterocycles. The van der Waals surface area contributed by atoms with E-state index < -0.39 is 4.92 Å². The van der Waals surface area contributed by atoms with Gasteiger partial charge in [-0.3, -0.25) is 14.9 Å². The summed E-state index contributed by atoms with van der Waals surface area (Å²) in [6, 6.07) is 2.61. The van der Waals surface area contributed by atoms with Crippen molar-refractivity contribution < 1.29 is 9.72 Å². The highest BCUT2D eigenvalue weighted by molar-refractivity contribution is 6.34. The van der Waals surface area contributed by atoms with E-state index >= 15 is 0 Å². The summed E-state index contributed by atoms with van der Waals surface area (Å²) < 4.78 is 0. The Labute approximate surface area is 128 Å². The van der Waals surface area contributed by atoms with Gasteiger partial charge in [-0.25, -0.2) is 0 Å². The molecule has 114 valence electrons. The molecular formula is C14H18ClN3O3. The second-order valence-corrected chi connectivity index (χ2v) is 5.75. The second-order valence-electron chi connectivity index (χ2n) is 5.34. The van der Waals surface area contributed by atoms with Crippen LogP contribution in [0.25, 0.3) is 0 Å². The number of rotatable bonds is 6. The van der Waals surface area contributed by atoms with Crippen molar-refractivity contribution in [3.8, 4) is 0 Å². The van der Waals surface area contributed by atoms with E-state index in [0.717, 1.165) is 19.3 Å². The maximum absolute atomic E-state index is 12.5. The van der Waals surface area contributed by atoms with Crippen LogP contribution in [0.2, 0.25) is 5.02 Å². The fraction of sp³-hybridized carbons (Fsp3) is 0.500. The van der Waals surface area contributed by atoms with Crippen LogP contribution in [0.3, 0.4) is 0 Å². The molecule has 2 N–H and O–H groups in total. The summed E-state index contributed by atoms with van der Waals surface area (Å²) in [5.74, 6) is 0.327. The minimum atomic E-state index is -0.622. The molecule has 2 rings (SSSR count). The van der Waals surface area contributed by atoms with Crippen molar-refractivity contribution in [1.82, 2.24) is 4.90 Å². The molecule has 1 aliphatic rings. The number of carbonyl (C=O) groups excluding carboxylic acids is 1. The number of nitrogens with zero attached hydrogens (tertiary/aromatic N) is 2. The Morgan fingerprint density at radius 3 is 2.71 bits per heavy atom. The zero-order chi connectivity index (χ0) is 15.6. The minimum Gasteiger partial charge on any atom is -0.392 e. The van der Waals surface area contributed by atoms with Crippen molar-refractivity contribution in [1.29, 1.82) is 0 Å². The van der Waals surface area contributed by atoms with Gasteiger partial charge in [0.2, 0.25) is 0 Å². The zero-order valence-corrected chi connectivity index (χ0v) is 12.6. The maximum Gasteiger partial charge on any atom is 0.294 e. The monoisotopic (exact) mass is 311 g/mol. The smallest absolute Gasteiger partial charge is 0.294 e. The highest BCUT2D eigenvalue weighted by Crippen LogP contribution is 2.33. The van der Waals surface area contributed by atoms with Crippen LogP contribution >= 0.6 is 11.6 Å². The first-order valence-electron chi connectivity index (χ1n) is 6.96. The molecule has 1 fully saturated rings. The number of anilines is 1. The Bertz CT molecular complexity index is 573. The van der Waals surface area contributed by atoms with Gasteiger partial charge in [0.15, 0.2) is 0 Å². The normalized spacial score (nSPS) is 14.0. The Morgan fingerprint density at radius 2 is 2.19 bits per heavy atom. The lowest BCUT2D eigenvalue weighted by Gasteiger charge is -2.22. The number of nitro groups is 1. The van der Waals surface area contributed by atoms with Gasteiger partial charge in [0, 0.05) is 24.7 Å². The van der Waals surface area contributed by atoms with Crippen LogP contribution in [0.15, 0.2) is 12.1 Å². The molecule has 1 aromatic rings. The van der Waals surface area contributed by atoms with Gasteiger partial charge in [-0.1, -0.05) is 18.5 Å². The minimum absolute atomic E-state index is 0.0374. The van der Waals surface area contributed by atoms with Gasteiger partial charge in [0.25, 0.3) is 11.6 Å². The molecule has 21 heavy (non-hydrogen) atoms. The van der Waals surface area contributed by atoms with E-state index in [1.165, 1.54) is 12.1 Å². The third-order valence-corrected chi connectivity index (χ3v) is 3.82. The average molecular weight is 312 g/mol. The molecule has 0 unspecified atom stereocenters. The summed E-state index contributed by atoms with van der Waals surface area (Å²) in [6.45, 7) is 3.32. The van der Waals surface area contributed by atoms with Crippen molar-refractivity contribution in [2.75, 3.05) is 18.8 Å². The number of hydrogen-bond donors (Lipinski definition) is 1. The number of nitrogens with two attached hydrogens (primary N) is 1. The standard InChI is InChI=1S/C14H18ClN3O3/c1-2-5-17(8-9-3-4-9)14(19)10-6-11(15)13(16)12(7-10)18(20)21/h6-7,9H,2-5,8,16H2,1H3. The zero-order valence-electron chi connectivity index (χ0n) is 11.8. The molecule has 1 aromatic carbocycles. The Hall–Kier alpha value is -1.82. The number of halogens is 1. The predicted molar refractivity (Wildman–Crippen MR) is 81.4 cm³/mol. The molecule has 0 atom stereocenters. The molecule has 7 heteroatoms.